The number of halogens is 2. The zero-order chi connectivity index (χ0) is 13.8. The predicted octanol–water partition coefficient (Wildman–Crippen LogP) is 2.36. The summed E-state index contributed by atoms with van der Waals surface area (Å²) in [7, 11) is 3.37. The van der Waals surface area contributed by atoms with Gasteiger partial charge in [0.15, 0.2) is 11.6 Å². The summed E-state index contributed by atoms with van der Waals surface area (Å²) in [6.07, 6.45) is 0. The minimum Gasteiger partial charge on any atom is -0.489 e. The molecule has 0 amide bonds. The Balaban J connectivity index is 2.68. The molecule has 1 N–H and O–H groups in total. The molecule has 0 aliphatic heterocycles. The molecule has 0 saturated carbocycles. The number of hydrogen-bond acceptors (Lipinski definition) is 3. The number of rotatable bonds is 6. The number of nitrogens with one attached hydrogen (secondary N) is 1. The van der Waals surface area contributed by atoms with Crippen molar-refractivity contribution >= 4 is 0 Å². The van der Waals surface area contributed by atoms with Crippen molar-refractivity contribution in [1.29, 1.82) is 0 Å². The second kappa shape index (κ2) is 6.11. The first-order chi connectivity index (χ1) is 8.40. The number of likely N-dealkylation sites (N-methyl/N-ethyl adjacent to an activating group) is 1. The average molecular weight is 259 g/mol. The maximum atomic E-state index is 13.4. The van der Waals surface area contributed by atoms with Gasteiger partial charge in [-0.15, -0.1) is 0 Å². The highest BCUT2D eigenvalue weighted by molar-refractivity contribution is 5.24. The van der Waals surface area contributed by atoms with Gasteiger partial charge in [0, 0.05) is 13.2 Å². The monoisotopic (exact) mass is 259 g/mol. The molecule has 1 atom stereocenters. The lowest BCUT2D eigenvalue weighted by atomic mass is 9.99. The summed E-state index contributed by atoms with van der Waals surface area (Å²) >= 11 is 0. The van der Waals surface area contributed by atoms with Crippen LogP contribution in [0.3, 0.4) is 0 Å². The van der Waals surface area contributed by atoms with E-state index in [1.54, 1.807) is 14.2 Å². The molecule has 0 spiro atoms. The minimum absolute atomic E-state index is 0.0311. The first-order valence-electron chi connectivity index (χ1n) is 5.71. The molecule has 0 aliphatic carbocycles. The highest BCUT2D eigenvalue weighted by Crippen LogP contribution is 2.20. The molecule has 1 aromatic rings. The van der Waals surface area contributed by atoms with Gasteiger partial charge in [0.1, 0.15) is 12.4 Å². The van der Waals surface area contributed by atoms with Gasteiger partial charge >= 0.3 is 0 Å². The summed E-state index contributed by atoms with van der Waals surface area (Å²) < 4.78 is 36.8. The molecule has 1 aromatic carbocycles. The Bertz CT molecular complexity index is 397. The van der Waals surface area contributed by atoms with Crippen molar-refractivity contribution in [1.82, 2.24) is 5.32 Å². The lowest BCUT2D eigenvalue weighted by Crippen LogP contribution is -2.50. The normalized spacial score (nSPS) is 13.4. The van der Waals surface area contributed by atoms with Gasteiger partial charge in [-0.3, -0.25) is 0 Å². The Morgan fingerprint density at radius 1 is 1.33 bits per heavy atom. The van der Waals surface area contributed by atoms with Crippen molar-refractivity contribution in [3.05, 3.63) is 29.8 Å². The first-order valence-corrected chi connectivity index (χ1v) is 5.71. The molecule has 0 aliphatic rings. The highest BCUT2D eigenvalue weighted by atomic mass is 19.1. The van der Waals surface area contributed by atoms with Crippen LogP contribution < -0.4 is 10.1 Å². The van der Waals surface area contributed by atoms with Gasteiger partial charge in [0.2, 0.25) is 0 Å². The van der Waals surface area contributed by atoms with E-state index in [1.165, 1.54) is 6.07 Å². The third kappa shape index (κ3) is 3.65. The molecule has 18 heavy (non-hydrogen) atoms. The third-order valence-electron chi connectivity index (χ3n) is 3.01. The summed E-state index contributed by atoms with van der Waals surface area (Å²) in [5.41, 5.74) is -0.453. The molecule has 1 unspecified atom stereocenters. The van der Waals surface area contributed by atoms with E-state index < -0.39 is 17.2 Å². The van der Waals surface area contributed by atoms with Crippen molar-refractivity contribution < 1.29 is 18.3 Å². The van der Waals surface area contributed by atoms with E-state index in [2.05, 4.69) is 5.32 Å². The SMILES string of the molecule is CNC(COc1ccc(F)cc1F)C(C)(C)OC. The largest absolute Gasteiger partial charge is 0.489 e. The Morgan fingerprint density at radius 3 is 2.50 bits per heavy atom. The molecule has 0 aromatic heterocycles. The van der Waals surface area contributed by atoms with Crippen LogP contribution in [0.1, 0.15) is 13.8 Å². The Morgan fingerprint density at radius 2 is 2.00 bits per heavy atom. The lowest BCUT2D eigenvalue weighted by molar-refractivity contribution is -0.0207. The summed E-state index contributed by atoms with van der Waals surface area (Å²) in [4.78, 5) is 0. The number of benzene rings is 1. The summed E-state index contributed by atoms with van der Waals surface area (Å²) in [5, 5.41) is 3.05. The second-order valence-corrected chi connectivity index (χ2v) is 4.53. The van der Waals surface area contributed by atoms with Crippen molar-refractivity contribution in [2.24, 2.45) is 0 Å². The van der Waals surface area contributed by atoms with Crippen LogP contribution in [0.4, 0.5) is 8.78 Å². The quantitative estimate of drug-likeness (QED) is 0.850. The van der Waals surface area contributed by atoms with Crippen LogP contribution in [-0.2, 0) is 4.74 Å². The van der Waals surface area contributed by atoms with Crippen LogP contribution in [0, 0.1) is 11.6 Å². The molecule has 3 nitrogen and oxygen atoms in total. The molecule has 102 valence electrons. The maximum Gasteiger partial charge on any atom is 0.167 e. The average Bonchev–Trinajstić information content (AvgIpc) is 2.32. The Kier molecular flexibility index (Phi) is 5.04. The summed E-state index contributed by atoms with van der Waals surface area (Å²) in [5.74, 6) is -1.30. The van der Waals surface area contributed by atoms with Crippen LogP contribution in [0.25, 0.3) is 0 Å². The van der Waals surface area contributed by atoms with Gasteiger partial charge in [-0.1, -0.05) is 0 Å². The van der Waals surface area contributed by atoms with E-state index in [0.29, 0.717) is 0 Å². The van der Waals surface area contributed by atoms with Crippen LogP contribution in [-0.4, -0.2) is 32.4 Å². The van der Waals surface area contributed by atoms with Crippen molar-refractivity contribution in [2.75, 3.05) is 20.8 Å². The zero-order valence-electron chi connectivity index (χ0n) is 11.1. The van der Waals surface area contributed by atoms with Crippen molar-refractivity contribution in [3.8, 4) is 5.75 Å². The van der Waals surface area contributed by atoms with Gasteiger partial charge < -0.3 is 14.8 Å². The molecule has 0 bridgehead atoms. The van der Waals surface area contributed by atoms with Gasteiger partial charge in [-0.25, -0.2) is 8.78 Å². The van der Waals surface area contributed by atoms with Crippen LogP contribution >= 0.6 is 0 Å². The Hall–Kier alpha value is -1.20. The summed E-state index contributed by atoms with van der Waals surface area (Å²) in [6, 6.07) is 3.11. The van der Waals surface area contributed by atoms with Crippen molar-refractivity contribution in [3.63, 3.8) is 0 Å². The van der Waals surface area contributed by atoms with E-state index in [0.717, 1.165) is 12.1 Å². The molecule has 1 rings (SSSR count). The van der Waals surface area contributed by atoms with Crippen molar-refractivity contribution in [2.45, 2.75) is 25.5 Å². The van der Waals surface area contributed by atoms with E-state index >= 15 is 0 Å². The molecule has 0 heterocycles. The van der Waals surface area contributed by atoms with Crippen LogP contribution in [0.2, 0.25) is 0 Å². The fourth-order valence-electron chi connectivity index (χ4n) is 1.54. The summed E-state index contributed by atoms with van der Waals surface area (Å²) in [6.45, 7) is 4.02. The van der Waals surface area contributed by atoms with Gasteiger partial charge in [0.25, 0.3) is 0 Å². The molecule has 5 heteroatoms. The fourth-order valence-corrected chi connectivity index (χ4v) is 1.54. The second-order valence-electron chi connectivity index (χ2n) is 4.53. The molecular formula is C13H19F2NO2. The molecule has 0 fully saturated rings. The smallest absolute Gasteiger partial charge is 0.167 e. The minimum atomic E-state index is -0.708. The van der Waals surface area contributed by atoms with Gasteiger partial charge in [0.05, 0.1) is 11.6 Å². The molecular weight excluding hydrogens is 240 g/mol. The first kappa shape index (κ1) is 14.9. The standard InChI is InChI=1S/C13H19F2NO2/c1-13(2,17-4)12(16-3)8-18-11-6-5-9(14)7-10(11)15/h5-7,12,16H,8H2,1-4H3. The van der Waals surface area contributed by atoms with Crippen LogP contribution in [0.15, 0.2) is 18.2 Å². The fraction of sp³-hybridized carbons (Fsp3) is 0.538. The highest BCUT2D eigenvalue weighted by Gasteiger charge is 2.28. The Labute approximate surface area is 106 Å². The topological polar surface area (TPSA) is 30.5 Å². The maximum absolute atomic E-state index is 13.4. The zero-order valence-corrected chi connectivity index (χ0v) is 11.1. The number of methoxy groups -OCH3 is 1. The van der Waals surface area contributed by atoms with E-state index in [-0.39, 0.29) is 18.4 Å². The lowest BCUT2D eigenvalue weighted by Gasteiger charge is -2.32. The third-order valence-corrected chi connectivity index (χ3v) is 3.01. The number of ether oxygens (including phenoxy) is 2. The van der Waals surface area contributed by atoms with E-state index in [4.69, 9.17) is 9.47 Å². The molecule has 0 saturated heterocycles. The predicted molar refractivity (Wildman–Crippen MR) is 65.8 cm³/mol. The van der Waals surface area contributed by atoms with E-state index in [1.807, 2.05) is 13.8 Å². The van der Waals surface area contributed by atoms with Gasteiger partial charge in [-0.2, -0.15) is 0 Å². The molecule has 0 radical (unpaired) electrons. The number of hydrogen-bond donors (Lipinski definition) is 1. The van der Waals surface area contributed by atoms with E-state index in [9.17, 15) is 8.78 Å². The van der Waals surface area contributed by atoms with Crippen LogP contribution in [0.5, 0.6) is 5.75 Å². The van der Waals surface area contributed by atoms with Gasteiger partial charge in [-0.05, 0) is 33.0 Å².